The lowest BCUT2D eigenvalue weighted by Crippen LogP contribution is -1.85. The van der Waals surface area contributed by atoms with Gasteiger partial charge in [-0.3, -0.25) is 0 Å². The smallest absolute Gasteiger partial charge is 0.125 e. The largest absolute Gasteiger partial charge is 0.442 e. The number of benzene rings is 1. The van der Waals surface area contributed by atoms with Crippen molar-refractivity contribution >= 4 is 11.6 Å². The highest BCUT2D eigenvalue weighted by Crippen LogP contribution is 2.09. The van der Waals surface area contributed by atoms with E-state index < -0.39 is 0 Å². The van der Waals surface area contributed by atoms with Crippen LogP contribution in [0.2, 0.25) is 5.02 Å². The fourth-order valence-corrected chi connectivity index (χ4v) is 0.877. The van der Waals surface area contributed by atoms with E-state index in [4.69, 9.17) is 16.3 Å². The molecule has 0 heterocycles. The molecule has 0 bridgehead atoms. The van der Waals surface area contributed by atoms with Gasteiger partial charge in [0.25, 0.3) is 0 Å². The third-order valence-electron chi connectivity index (χ3n) is 1.30. The van der Waals surface area contributed by atoms with E-state index in [1.807, 2.05) is 24.3 Å². The fourth-order valence-electron chi connectivity index (χ4n) is 0.751. The van der Waals surface area contributed by atoms with Crippen LogP contribution in [0.4, 0.5) is 0 Å². The molecule has 1 rings (SSSR count). The van der Waals surface area contributed by atoms with Crippen molar-refractivity contribution in [2.24, 2.45) is 0 Å². The summed E-state index contributed by atoms with van der Waals surface area (Å²) in [5.41, 5.74) is 1.04. The van der Waals surface area contributed by atoms with Gasteiger partial charge in [-0.25, -0.2) is 0 Å². The SMILES string of the molecule is [CH2]C#COCc1ccc(Cl)cc1. The molecule has 0 N–H and O–H groups in total. The van der Waals surface area contributed by atoms with E-state index in [0.29, 0.717) is 6.61 Å². The van der Waals surface area contributed by atoms with Crippen LogP contribution in [-0.4, -0.2) is 0 Å². The molecular weight excluding hydrogens is 172 g/mol. The summed E-state index contributed by atoms with van der Waals surface area (Å²) in [7, 11) is 0. The molecule has 1 aromatic rings. The molecule has 2 heteroatoms. The van der Waals surface area contributed by atoms with Crippen molar-refractivity contribution in [1.29, 1.82) is 0 Å². The zero-order chi connectivity index (χ0) is 8.81. The Hall–Kier alpha value is -1.13. The quantitative estimate of drug-likeness (QED) is 0.635. The van der Waals surface area contributed by atoms with Gasteiger partial charge in [-0.05, 0) is 17.7 Å². The third-order valence-corrected chi connectivity index (χ3v) is 1.55. The first-order chi connectivity index (χ1) is 5.83. The maximum Gasteiger partial charge on any atom is 0.125 e. The van der Waals surface area contributed by atoms with Crippen LogP contribution < -0.4 is 0 Å². The molecule has 1 radical (unpaired) electrons. The van der Waals surface area contributed by atoms with Gasteiger partial charge in [0.15, 0.2) is 0 Å². The molecule has 0 amide bonds. The van der Waals surface area contributed by atoms with E-state index in [1.165, 1.54) is 0 Å². The van der Waals surface area contributed by atoms with Crippen molar-refractivity contribution in [1.82, 2.24) is 0 Å². The molecule has 0 unspecified atom stereocenters. The van der Waals surface area contributed by atoms with Gasteiger partial charge in [0.05, 0.1) is 0 Å². The zero-order valence-corrected chi connectivity index (χ0v) is 7.27. The Labute approximate surface area is 77.3 Å². The lowest BCUT2D eigenvalue weighted by atomic mass is 10.2. The third kappa shape index (κ3) is 2.86. The summed E-state index contributed by atoms with van der Waals surface area (Å²) in [4.78, 5) is 0. The maximum atomic E-state index is 5.69. The van der Waals surface area contributed by atoms with Crippen LogP contribution in [0.15, 0.2) is 24.3 Å². The summed E-state index contributed by atoms with van der Waals surface area (Å²) in [6.45, 7) is 3.80. The molecule has 0 atom stereocenters. The van der Waals surface area contributed by atoms with Gasteiger partial charge in [-0.1, -0.05) is 29.7 Å². The second-order valence-corrected chi connectivity index (χ2v) is 2.63. The molecule has 0 aliphatic rings. The van der Waals surface area contributed by atoms with Crippen LogP contribution in [0.25, 0.3) is 0 Å². The Kier molecular flexibility index (Phi) is 3.50. The fraction of sp³-hybridized carbons (Fsp3) is 0.100. The van der Waals surface area contributed by atoms with E-state index in [-0.39, 0.29) is 0 Å². The van der Waals surface area contributed by atoms with Crippen molar-refractivity contribution in [2.45, 2.75) is 6.61 Å². The summed E-state index contributed by atoms with van der Waals surface area (Å²) >= 11 is 5.69. The Balaban J connectivity index is 2.51. The molecule has 0 aliphatic heterocycles. The highest BCUT2D eigenvalue weighted by Gasteiger charge is 1.90. The van der Waals surface area contributed by atoms with Gasteiger partial charge in [-0.2, -0.15) is 0 Å². The standard InChI is InChI=1S/C10H8ClO/c1-2-7-12-8-9-3-5-10(11)6-4-9/h3-6H,1,8H2. The minimum Gasteiger partial charge on any atom is -0.442 e. The minimum absolute atomic E-state index is 0.472. The normalized spacial score (nSPS) is 8.50. The van der Waals surface area contributed by atoms with Gasteiger partial charge < -0.3 is 4.74 Å². The molecule has 0 spiro atoms. The molecule has 0 aliphatic carbocycles. The first-order valence-corrected chi connectivity index (χ1v) is 3.84. The molecule has 0 saturated carbocycles. The predicted octanol–water partition coefficient (Wildman–Crippen LogP) is 2.65. The highest BCUT2D eigenvalue weighted by molar-refractivity contribution is 6.30. The number of halogens is 1. The molecular formula is C10H8ClO. The summed E-state index contributed by atoms with van der Waals surface area (Å²) in [6, 6.07) is 7.43. The monoisotopic (exact) mass is 179 g/mol. The Bertz CT molecular complexity index is 292. The van der Waals surface area contributed by atoms with Crippen molar-refractivity contribution in [3.63, 3.8) is 0 Å². The second kappa shape index (κ2) is 4.69. The van der Waals surface area contributed by atoms with Crippen LogP contribution in [0.5, 0.6) is 0 Å². The van der Waals surface area contributed by atoms with E-state index in [2.05, 4.69) is 19.0 Å². The lowest BCUT2D eigenvalue weighted by molar-refractivity contribution is 0.265. The Morgan fingerprint density at radius 2 is 2.00 bits per heavy atom. The first kappa shape index (κ1) is 8.96. The Morgan fingerprint density at radius 1 is 1.33 bits per heavy atom. The van der Waals surface area contributed by atoms with Crippen LogP contribution in [-0.2, 0) is 11.3 Å². The molecule has 61 valence electrons. The van der Waals surface area contributed by atoms with Crippen molar-refractivity contribution in [2.75, 3.05) is 0 Å². The van der Waals surface area contributed by atoms with E-state index in [1.54, 1.807) is 0 Å². The summed E-state index contributed by atoms with van der Waals surface area (Å²) in [5.74, 6) is 2.40. The van der Waals surface area contributed by atoms with Gasteiger partial charge in [0.2, 0.25) is 0 Å². The zero-order valence-electron chi connectivity index (χ0n) is 6.51. The van der Waals surface area contributed by atoms with Crippen molar-refractivity contribution in [3.8, 4) is 12.0 Å². The molecule has 12 heavy (non-hydrogen) atoms. The average molecular weight is 180 g/mol. The van der Waals surface area contributed by atoms with E-state index in [9.17, 15) is 0 Å². The van der Waals surface area contributed by atoms with Gasteiger partial charge >= 0.3 is 0 Å². The van der Waals surface area contributed by atoms with Gasteiger partial charge in [-0.15, -0.1) is 0 Å². The number of hydrogen-bond donors (Lipinski definition) is 0. The topological polar surface area (TPSA) is 9.23 Å². The first-order valence-electron chi connectivity index (χ1n) is 3.46. The number of hydrogen-bond acceptors (Lipinski definition) is 1. The maximum absolute atomic E-state index is 5.69. The van der Waals surface area contributed by atoms with Crippen LogP contribution in [0.3, 0.4) is 0 Å². The molecule has 1 aromatic carbocycles. The Morgan fingerprint density at radius 3 is 2.58 bits per heavy atom. The highest BCUT2D eigenvalue weighted by atomic mass is 35.5. The van der Waals surface area contributed by atoms with Crippen LogP contribution >= 0.6 is 11.6 Å². The van der Waals surface area contributed by atoms with E-state index >= 15 is 0 Å². The predicted molar refractivity (Wildman–Crippen MR) is 49.4 cm³/mol. The molecule has 0 aromatic heterocycles. The summed E-state index contributed by atoms with van der Waals surface area (Å²) in [6.07, 6.45) is 2.42. The lowest BCUT2D eigenvalue weighted by Gasteiger charge is -1.97. The van der Waals surface area contributed by atoms with Crippen LogP contribution in [0.1, 0.15) is 5.56 Å². The molecule has 0 fully saturated rings. The molecule has 1 nitrogen and oxygen atoms in total. The summed E-state index contributed by atoms with van der Waals surface area (Å²) in [5, 5.41) is 0.724. The number of ether oxygens (including phenoxy) is 1. The van der Waals surface area contributed by atoms with Crippen LogP contribution in [0, 0.1) is 19.0 Å². The average Bonchev–Trinajstić information content (AvgIpc) is 2.09. The minimum atomic E-state index is 0.472. The number of rotatable bonds is 2. The van der Waals surface area contributed by atoms with Crippen molar-refractivity contribution in [3.05, 3.63) is 41.8 Å². The van der Waals surface area contributed by atoms with Gasteiger partial charge in [0, 0.05) is 11.9 Å². The molecule has 0 saturated heterocycles. The van der Waals surface area contributed by atoms with Crippen molar-refractivity contribution < 1.29 is 4.74 Å². The van der Waals surface area contributed by atoms with E-state index in [0.717, 1.165) is 10.6 Å². The summed E-state index contributed by atoms with van der Waals surface area (Å²) < 4.78 is 4.94. The van der Waals surface area contributed by atoms with Gasteiger partial charge in [0.1, 0.15) is 12.7 Å². The second-order valence-electron chi connectivity index (χ2n) is 2.19.